The summed E-state index contributed by atoms with van der Waals surface area (Å²) >= 11 is 0. The van der Waals surface area contributed by atoms with Gasteiger partial charge in [0.2, 0.25) is 0 Å². The molecule has 1 aliphatic carbocycles. The second kappa shape index (κ2) is 16.2. The lowest BCUT2D eigenvalue weighted by Crippen LogP contribution is -2.31. The fourth-order valence-electron chi connectivity index (χ4n) is 6.61. The van der Waals surface area contributed by atoms with Gasteiger partial charge in [-0.15, -0.1) is 6.58 Å². The zero-order valence-corrected chi connectivity index (χ0v) is 24.2. The van der Waals surface area contributed by atoms with Crippen LogP contribution >= 0.6 is 0 Å². The second-order valence-corrected chi connectivity index (χ2v) is 11.8. The van der Waals surface area contributed by atoms with Gasteiger partial charge in [0.1, 0.15) is 0 Å². The Bertz CT molecular complexity index is 872. The minimum Gasteiger partial charge on any atom is -0.353 e. The van der Waals surface area contributed by atoms with Gasteiger partial charge in [-0.05, 0) is 88.5 Å². The summed E-state index contributed by atoms with van der Waals surface area (Å²) in [7, 11) is 0. The number of hydrogen-bond donors (Lipinski definition) is 0. The van der Waals surface area contributed by atoms with E-state index in [2.05, 4.69) is 49.1 Å². The Morgan fingerprint density at radius 3 is 2.02 bits per heavy atom. The van der Waals surface area contributed by atoms with E-state index in [1.807, 2.05) is 6.08 Å². The number of benzene rings is 1. The highest BCUT2D eigenvalue weighted by molar-refractivity contribution is 5.15. The van der Waals surface area contributed by atoms with E-state index in [4.69, 9.17) is 28.4 Å². The minimum absolute atomic E-state index is 0.0265. The molecular weight excluding hydrogens is 504 g/mol. The van der Waals surface area contributed by atoms with E-state index in [0.29, 0.717) is 0 Å². The fraction of sp³-hybridized carbons (Fsp3) is 0.706. The molecular formula is C34H50O6. The van der Waals surface area contributed by atoms with Crippen LogP contribution in [0.3, 0.4) is 0 Å². The lowest BCUT2D eigenvalue weighted by Gasteiger charge is -2.30. The zero-order valence-electron chi connectivity index (χ0n) is 24.2. The highest BCUT2D eigenvalue weighted by Crippen LogP contribution is 2.42. The summed E-state index contributed by atoms with van der Waals surface area (Å²) in [4.78, 5) is 0. The van der Waals surface area contributed by atoms with Crippen LogP contribution in [0.1, 0.15) is 82.6 Å². The summed E-state index contributed by atoms with van der Waals surface area (Å²) in [6.07, 6.45) is 19.6. The molecule has 222 valence electrons. The van der Waals surface area contributed by atoms with E-state index in [1.54, 1.807) is 0 Å². The molecule has 3 aliphatic heterocycles. The van der Waals surface area contributed by atoms with E-state index in [9.17, 15) is 0 Å². The molecule has 0 bridgehead atoms. The van der Waals surface area contributed by atoms with E-state index in [0.717, 1.165) is 103 Å². The van der Waals surface area contributed by atoms with Crippen molar-refractivity contribution in [3.05, 3.63) is 60.7 Å². The van der Waals surface area contributed by atoms with Crippen molar-refractivity contribution in [1.29, 1.82) is 0 Å². The van der Waals surface area contributed by atoms with Gasteiger partial charge < -0.3 is 28.4 Å². The lowest BCUT2D eigenvalue weighted by molar-refractivity contribution is -0.203. The molecule has 4 fully saturated rings. The van der Waals surface area contributed by atoms with Gasteiger partial charge >= 0.3 is 0 Å². The lowest BCUT2D eigenvalue weighted by atomic mass is 9.89. The van der Waals surface area contributed by atoms with Gasteiger partial charge in [0.05, 0.1) is 18.3 Å². The van der Waals surface area contributed by atoms with Gasteiger partial charge in [-0.2, -0.15) is 0 Å². The van der Waals surface area contributed by atoms with Gasteiger partial charge in [0.25, 0.3) is 0 Å². The van der Waals surface area contributed by atoms with E-state index in [-0.39, 0.29) is 49.0 Å². The topological polar surface area (TPSA) is 55.4 Å². The molecule has 1 saturated carbocycles. The van der Waals surface area contributed by atoms with Crippen LogP contribution in [0, 0.1) is 11.8 Å². The molecule has 0 radical (unpaired) electrons. The first-order chi connectivity index (χ1) is 19.8. The molecule has 3 heterocycles. The Morgan fingerprint density at radius 2 is 1.43 bits per heavy atom. The van der Waals surface area contributed by atoms with E-state index >= 15 is 0 Å². The molecule has 4 aliphatic rings. The molecule has 1 aromatic rings. The van der Waals surface area contributed by atoms with Crippen molar-refractivity contribution in [2.24, 2.45) is 11.8 Å². The molecule has 0 amide bonds. The first-order valence-electron chi connectivity index (χ1n) is 15.9. The van der Waals surface area contributed by atoms with Crippen molar-refractivity contribution in [2.45, 2.75) is 121 Å². The Hall–Kier alpha value is -1.54. The van der Waals surface area contributed by atoms with Gasteiger partial charge in [-0.3, -0.25) is 0 Å². The predicted octanol–water partition coefficient (Wildman–Crippen LogP) is 7.12. The second-order valence-electron chi connectivity index (χ2n) is 11.8. The van der Waals surface area contributed by atoms with Crippen molar-refractivity contribution in [3.63, 3.8) is 0 Å². The first kappa shape index (κ1) is 29.9. The van der Waals surface area contributed by atoms with Crippen molar-refractivity contribution in [2.75, 3.05) is 19.8 Å². The molecule has 6 heteroatoms. The van der Waals surface area contributed by atoms with Crippen LogP contribution in [0.15, 0.2) is 55.1 Å². The quantitative estimate of drug-likeness (QED) is 0.242. The van der Waals surface area contributed by atoms with Gasteiger partial charge in [0, 0.05) is 32.2 Å². The maximum absolute atomic E-state index is 6.68. The predicted molar refractivity (Wildman–Crippen MR) is 156 cm³/mol. The van der Waals surface area contributed by atoms with Gasteiger partial charge in [-0.1, -0.05) is 48.6 Å². The van der Waals surface area contributed by atoms with Crippen LogP contribution in [-0.2, 0) is 34.8 Å². The van der Waals surface area contributed by atoms with Crippen LogP contribution in [0.4, 0.5) is 0 Å². The highest BCUT2D eigenvalue weighted by Gasteiger charge is 2.45. The number of rotatable bonds is 13. The third kappa shape index (κ3) is 8.98. The number of aryl methyl sites for hydroxylation is 1. The molecule has 3 unspecified atom stereocenters. The van der Waals surface area contributed by atoms with Crippen LogP contribution in [0.5, 0.6) is 0 Å². The molecule has 40 heavy (non-hydrogen) atoms. The summed E-state index contributed by atoms with van der Waals surface area (Å²) in [6.45, 7) is 6.44. The Labute approximate surface area is 241 Å². The molecule has 0 aromatic heterocycles. The summed E-state index contributed by atoms with van der Waals surface area (Å²) in [6, 6.07) is 10.7. The van der Waals surface area contributed by atoms with Crippen LogP contribution < -0.4 is 0 Å². The summed E-state index contributed by atoms with van der Waals surface area (Å²) in [5.74, 6) is 0.459. The van der Waals surface area contributed by atoms with Crippen molar-refractivity contribution >= 4 is 0 Å². The Balaban J connectivity index is 1.32. The maximum Gasteiger partial charge on any atom is 0.158 e. The van der Waals surface area contributed by atoms with Gasteiger partial charge in [-0.25, -0.2) is 0 Å². The largest absolute Gasteiger partial charge is 0.353 e. The minimum atomic E-state index is -0.135. The maximum atomic E-state index is 6.68. The van der Waals surface area contributed by atoms with Crippen molar-refractivity contribution < 1.29 is 28.4 Å². The SMILES string of the molecule is C=CC[C@@H]1[C@@H](C=C[C@H](CCc2ccccc2)OC2CCCCO2)[C@H](OC2CCCCO2)C[C@@H]1OC1CCCCO1. The molecule has 0 N–H and O–H groups in total. The highest BCUT2D eigenvalue weighted by atomic mass is 16.7. The fourth-order valence-corrected chi connectivity index (χ4v) is 6.61. The zero-order chi connectivity index (χ0) is 27.4. The smallest absolute Gasteiger partial charge is 0.158 e. The Morgan fingerprint density at radius 1 is 0.800 bits per heavy atom. The van der Waals surface area contributed by atoms with E-state index in [1.165, 1.54) is 5.56 Å². The average Bonchev–Trinajstić information content (AvgIpc) is 3.31. The summed E-state index contributed by atoms with van der Waals surface area (Å²) < 4.78 is 37.8. The monoisotopic (exact) mass is 554 g/mol. The van der Waals surface area contributed by atoms with Crippen LogP contribution in [-0.4, -0.2) is 57.0 Å². The summed E-state index contributed by atoms with van der Waals surface area (Å²) in [5.41, 5.74) is 1.33. The normalized spacial score (nSPS) is 34.1. The molecule has 0 spiro atoms. The number of ether oxygens (including phenoxy) is 6. The summed E-state index contributed by atoms with van der Waals surface area (Å²) in [5, 5.41) is 0. The average molecular weight is 555 g/mol. The molecule has 5 rings (SSSR count). The Kier molecular flexibility index (Phi) is 12.1. The van der Waals surface area contributed by atoms with Crippen LogP contribution in [0.2, 0.25) is 0 Å². The molecule has 3 saturated heterocycles. The molecule has 6 nitrogen and oxygen atoms in total. The van der Waals surface area contributed by atoms with E-state index < -0.39 is 0 Å². The third-order valence-corrected chi connectivity index (χ3v) is 8.81. The molecule has 8 atom stereocenters. The molecule has 1 aromatic carbocycles. The number of hydrogen-bond acceptors (Lipinski definition) is 6. The standard InChI is InChI=1S/C34H50O6/c1-2-12-28-29(21-20-27(38-32-15-6-9-22-35-32)19-18-26-13-4-3-5-14-26)31(40-34-17-8-11-24-37-34)25-30(28)39-33-16-7-10-23-36-33/h2-5,13-14,20-21,27-34H,1,6-12,15-19,22-25H2/t27-,28+,29+,30-,31+,32?,33?,34?/m0/s1. The van der Waals surface area contributed by atoms with Gasteiger partial charge in [0.15, 0.2) is 18.9 Å². The van der Waals surface area contributed by atoms with Crippen molar-refractivity contribution in [3.8, 4) is 0 Å². The first-order valence-corrected chi connectivity index (χ1v) is 15.9. The number of allylic oxidation sites excluding steroid dienone is 1. The third-order valence-electron chi connectivity index (χ3n) is 8.81. The van der Waals surface area contributed by atoms with Crippen molar-refractivity contribution in [1.82, 2.24) is 0 Å². The van der Waals surface area contributed by atoms with Crippen LogP contribution in [0.25, 0.3) is 0 Å².